The van der Waals surface area contributed by atoms with Crippen LogP contribution in [0.25, 0.3) is 10.4 Å². The highest BCUT2D eigenvalue weighted by Crippen LogP contribution is 2.30. The van der Waals surface area contributed by atoms with Crippen molar-refractivity contribution in [3.05, 3.63) is 40.3 Å². The summed E-state index contributed by atoms with van der Waals surface area (Å²) in [4.78, 5) is 26.9. The van der Waals surface area contributed by atoms with Gasteiger partial charge in [0.2, 0.25) is 0 Å². The molecule has 26 heavy (non-hydrogen) atoms. The Kier molecular flexibility index (Phi) is 7.93. The van der Waals surface area contributed by atoms with Gasteiger partial charge in [0, 0.05) is 17.3 Å². The summed E-state index contributed by atoms with van der Waals surface area (Å²) < 4.78 is 15.2. The molecule has 1 rings (SSSR count). The Balaban J connectivity index is 3.08. The molecule has 0 aliphatic rings. The third kappa shape index (κ3) is 6.64. The normalized spacial score (nSPS) is 13.1. The second-order valence-corrected chi connectivity index (χ2v) is 6.68. The van der Waals surface area contributed by atoms with E-state index in [0.29, 0.717) is 5.75 Å². The van der Waals surface area contributed by atoms with E-state index < -0.39 is 23.5 Å². The van der Waals surface area contributed by atoms with E-state index in [9.17, 15) is 9.59 Å². The SMILES string of the molecule is COC(=O)[C@@H](N=[N+]=[N-])[C@H](CCC(=O)OC(C)(C)C)c1ccc(OC)cc1. The van der Waals surface area contributed by atoms with Crippen LogP contribution in [0.15, 0.2) is 29.4 Å². The fourth-order valence-electron chi connectivity index (χ4n) is 2.49. The average Bonchev–Trinajstić information content (AvgIpc) is 2.59. The lowest BCUT2D eigenvalue weighted by molar-refractivity contribution is -0.155. The number of methoxy groups -OCH3 is 2. The van der Waals surface area contributed by atoms with Gasteiger partial charge in [-0.25, -0.2) is 0 Å². The first-order valence-electron chi connectivity index (χ1n) is 8.19. The lowest BCUT2D eigenvalue weighted by Gasteiger charge is -2.24. The van der Waals surface area contributed by atoms with Crippen molar-refractivity contribution in [1.82, 2.24) is 0 Å². The van der Waals surface area contributed by atoms with Gasteiger partial charge in [-0.05, 0) is 50.4 Å². The van der Waals surface area contributed by atoms with Gasteiger partial charge in [0.25, 0.3) is 0 Å². The van der Waals surface area contributed by atoms with E-state index in [-0.39, 0.29) is 18.8 Å². The number of azide groups is 1. The number of esters is 2. The van der Waals surface area contributed by atoms with Crippen LogP contribution < -0.4 is 4.74 Å². The topological polar surface area (TPSA) is 111 Å². The summed E-state index contributed by atoms with van der Waals surface area (Å²) in [7, 11) is 2.77. The monoisotopic (exact) mass is 363 g/mol. The van der Waals surface area contributed by atoms with Crippen LogP contribution in [0.2, 0.25) is 0 Å². The molecule has 2 atom stereocenters. The molecule has 8 heteroatoms. The third-order valence-electron chi connectivity index (χ3n) is 3.62. The van der Waals surface area contributed by atoms with Crippen molar-refractivity contribution in [2.45, 2.75) is 51.2 Å². The zero-order valence-corrected chi connectivity index (χ0v) is 15.8. The van der Waals surface area contributed by atoms with Crippen molar-refractivity contribution in [1.29, 1.82) is 0 Å². The summed E-state index contributed by atoms with van der Waals surface area (Å²) in [5.74, 6) is -0.928. The molecule has 0 aromatic heterocycles. The van der Waals surface area contributed by atoms with E-state index in [1.165, 1.54) is 7.11 Å². The van der Waals surface area contributed by atoms with Gasteiger partial charge >= 0.3 is 11.9 Å². The van der Waals surface area contributed by atoms with Gasteiger partial charge in [-0.2, -0.15) is 0 Å². The molecule has 0 amide bonds. The zero-order chi connectivity index (χ0) is 19.7. The van der Waals surface area contributed by atoms with Crippen molar-refractivity contribution in [2.75, 3.05) is 14.2 Å². The first-order valence-corrected chi connectivity index (χ1v) is 8.19. The molecule has 1 aromatic rings. The van der Waals surface area contributed by atoms with Gasteiger partial charge in [0.1, 0.15) is 17.4 Å². The van der Waals surface area contributed by atoms with E-state index >= 15 is 0 Å². The van der Waals surface area contributed by atoms with Crippen LogP contribution in [0.3, 0.4) is 0 Å². The summed E-state index contributed by atoms with van der Waals surface area (Å²) in [6.07, 6.45) is 0.336. The molecule has 0 N–H and O–H groups in total. The van der Waals surface area contributed by atoms with Gasteiger partial charge in [0.15, 0.2) is 0 Å². The molecule has 0 bridgehead atoms. The van der Waals surface area contributed by atoms with Crippen LogP contribution in [-0.2, 0) is 19.1 Å². The van der Waals surface area contributed by atoms with Crippen LogP contribution in [0, 0.1) is 0 Å². The summed E-state index contributed by atoms with van der Waals surface area (Å²) in [5.41, 5.74) is 8.96. The second-order valence-electron chi connectivity index (χ2n) is 6.68. The van der Waals surface area contributed by atoms with Crippen LogP contribution in [0.1, 0.15) is 45.1 Å². The summed E-state index contributed by atoms with van der Waals surface area (Å²) in [6.45, 7) is 5.34. The summed E-state index contributed by atoms with van der Waals surface area (Å²) >= 11 is 0. The van der Waals surface area contributed by atoms with Crippen molar-refractivity contribution in [3.63, 3.8) is 0 Å². The van der Waals surface area contributed by atoms with Crippen molar-refractivity contribution in [3.8, 4) is 5.75 Å². The first kappa shape index (κ1) is 21.3. The van der Waals surface area contributed by atoms with Crippen molar-refractivity contribution in [2.24, 2.45) is 5.11 Å². The molecule has 0 spiro atoms. The average molecular weight is 363 g/mol. The van der Waals surface area contributed by atoms with E-state index in [4.69, 9.17) is 19.7 Å². The highest BCUT2D eigenvalue weighted by atomic mass is 16.6. The van der Waals surface area contributed by atoms with Gasteiger partial charge in [-0.15, -0.1) is 0 Å². The Labute approximate surface area is 153 Å². The molecule has 0 fully saturated rings. The number of hydrogen-bond acceptors (Lipinski definition) is 6. The van der Waals surface area contributed by atoms with Crippen LogP contribution >= 0.6 is 0 Å². The van der Waals surface area contributed by atoms with Gasteiger partial charge < -0.3 is 14.2 Å². The Morgan fingerprint density at radius 2 is 1.81 bits per heavy atom. The standard InChI is InChI=1S/C18H25N3O5/c1-18(2,3)26-15(22)11-10-14(16(20-21-19)17(23)25-5)12-6-8-13(24-4)9-7-12/h6-9,14,16H,10-11H2,1-5H3/t14-,16+/m1/s1. The Hall–Kier alpha value is -2.73. The van der Waals surface area contributed by atoms with E-state index in [1.54, 1.807) is 52.1 Å². The fraction of sp³-hybridized carbons (Fsp3) is 0.556. The number of benzene rings is 1. The lowest BCUT2D eigenvalue weighted by atomic mass is 9.87. The predicted octanol–water partition coefficient (Wildman–Crippen LogP) is 3.75. The first-order chi connectivity index (χ1) is 12.2. The largest absolute Gasteiger partial charge is 0.497 e. The maximum atomic E-state index is 12.1. The minimum Gasteiger partial charge on any atom is -0.497 e. The van der Waals surface area contributed by atoms with Crippen LogP contribution in [0.5, 0.6) is 5.75 Å². The maximum Gasteiger partial charge on any atom is 0.315 e. The molecule has 1 aromatic carbocycles. The molecule has 0 saturated heterocycles. The molecule has 0 saturated carbocycles. The van der Waals surface area contributed by atoms with Gasteiger partial charge in [-0.3, -0.25) is 9.59 Å². The Morgan fingerprint density at radius 1 is 1.19 bits per heavy atom. The maximum absolute atomic E-state index is 12.1. The Bertz CT molecular complexity index is 660. The van der Waals surface area contributed by atoms with Gasteiger partial charge in [-0.1, -0.05) is 17.2 Å². The second kappa shape index (κ2) is 9.68. The summed E-state index contributed by atoms with van der Waals surface area (Å²) in [6, 6.07) is 5.92. The number of hydrogen-bond donors (Lipinski definition) is 0. The van der Waals surface area contributed by atoms with Crippen LogP contribution in [0.4, 0.5) is 0 Å². The quantitative estimate of drug-likeness (QED) is 0.302. The molecular weight excluding hydrogens is 338 g/mol. The minimum absolute atomic E-state index is 0.0718. The van der Waals surface area contributed by atoms with E-state index in [0.717, 1.165) is 5.56 Å². The lowest BCUT2D eigenvalue weighted by Crippen LogP contribution is -2.29. The molecule has 0 unspecified atom stereocenters. The number of rotatable bonds is 8. The molecule has 0 aliphatic carbocycles. The van der Waals surface area contributed by atoms with Gasteiger partial charge in [0.05, 0.1) is 14.2 Å². The predicted molar refractivity (Wildman–Crippen MR) is 95.8 cm³/mol. The molecule has 0 heterocycles. The minimum atomic E-state index is -1.08. The number of carbonyl (C=O) groups is 2. The number of ether oxygens (including phenoxy) is 3. The smallest absolute Gasteiger partial charge is 0.315 e. The van der Waals surface area contributed by atoms with Crippen molar-refractivity contribution >= 4 is 11.9 Å². The van der Waals surface area contributed by atoms with Crippen LogP contribution in [-0.4, -0.2) is 37.8 Å². The highest BCUT2D eigenvalue weighted by molar-refractivity contribution is 5.77. The van der Waals surface area contributed by atoms with E-state index in [2.05, 4.69) is 10.0 Å². The molecule has 8 nitrogen and oxygen atoms in total. The zero-order valence-electron chi connectivity index (χ0n) is 15.8. The molecule has 0 radical (unpaired) electrons. The molecular formula is C18H25N3O5. The van der Waals surface area contributed by atoms with E-state index in [1.807, 2.05) is 0 Å². The Morgan fingerprint density at radius 3 is 2.27 bits per heavy atom. The molecule has 0 aliphatic heterocycles. The van der Waals surface area contributed by atoms with Crippen molar-refractivity contribution < 1.29 is 23.8 Å². The summed E-state index contributed by atoms with van der Waals surface area (Å²) in [5, 5.41) is 3.59. The number of nitrogens with zero attached hydrogens (tertiary/aromatic N) is 3. The number of carbonyl (C=O) groups excluding carboxylic acids is 2. The third-order valence-corrected chi connectivity index (χ3v) is 3.62. The fourth-order valence-corrected chi connectivity index (χ4v) is 2.49. The highest BCUT2D eigenvalue weighted by Gasteiger charge is 2.31. The molecule has 142 valence electrons.